The predicted molar refractivity (Wildman–Crippen MR) is 208 cm³/mol. The summed E-state index contributed by atoms with van der Waals surface area (Å²) < 4.78 is 5.30. The number of aromatic nitrogens is 2. The van der Waals surface area contributed by atoms with Gasteiger partial charge in [-0.05, 0) is 94.5 Å². The Morgan fingerprint density at radius 2 is 1.42 bits per heavy atom. The third-order valence-electron chi connectivity index (χ3n) is 10.1. The average molecular weight is 660 g/mol. The molecule has 2 aliphatic rings. The summed E-state index contributed by atoms with van der Waals surface area (Å²) in [6.07, 6.45) is 3.85. The molecule has 4 aromatic carbocycles. The van der Waals surface area contributed by atoms with Crippen LogP contribution in [0.2, 0.25) is 0 Å². The van der Waals surface area contributed by atoms with Crippen molar-refractivity contribution in [1.29, 1.82) is 0 Å². The van der Waals surface area contributed by atoms with E-state index in [0.717, 1.165) is 5.69 Å². The fraction of sp³-hybridized carbons (Fsp3) is 0.214. The van der Waals surface area contributed by atoms with Crippen molar-refractivity contribution in [2.24, 2.45) is 0 Å². The zero-order chi connectivity index (χ0) is 33.1. The molecule has 3 aromatic heterocycles. The van der Waals surface area contributed by atoms with Crippen LogP contribution < -0.4 is 20.7 Å². The number of anilines is 3. The van der Waals surface area contributed by atoms with Gasteiger partial charge in [0.05, 0.1) is 11.2 Å². The maximum absolute atomic E-state index is 4.42. The molecule has 0 radical (unpaired) electrons. The van der Waals surface area contributed by atoms with Crippen LogP contribution in [-0.4, -0.2) is 16.3 Å². The Kier molecular flexibility index (Phi) is 6.45. The summed E-state index contributed by atoms with van der Waals surface area (Å²) in [6, 6.07) is 34.4. The molecule has 0 fully saturated rings. The molecule has 9 rings (SSSR count). The number of thiophene rings is 1. The van der Waals surface area contributed by atoms with Gasteiger partial charge >= 0.3 is 0 Å². The topological polar surface area (TPSA) is 21.1 Å². The number of para-hydroxylation sites is 1. The minimum absolute atomic E-state index is 0.0469. The first kappa shape index (κ1) is 29.9. The lowest BCUT2D eigenvalue weighted by atomic mass is 9.39. The summed E-state index contributed by atoms with van der Waals surface area (Å²) in [6.45, 7) is 16.2. The molecule has 5 heterocycles. The molecule has 0 bridgehead atoms. The Hall–Kier alpha value is -4.26. The van der Waals surface area contributed by atoms with Crippen molar-refractivity contribution in [3.63, 3.8) is 0 Å². The minimum Gasteiger partial charge on any atom is -0.320 e. The van der Waals surface area contributed by atoms with E-state index in [4.69, 9.17) is 0 Å². The van der Waals surface area contributed by atoms with Crippen molar-refractivity contribution in [3.8, 4) is 5.69 Å². The highest BCUT2D eigenvalue weighted by Gasteiger charge is 2.46. The van der Waals surface area contributed by atoms with Gasteiger partial charge in [-0.3, -0.25) is 4.98 Å². The van der Waals surface area contributed by atoms with Crippen molar-refractivity contribution in [2.75, 3.05) is 4.90 Å². The van der Waals surface area contributed by atoms with E-state index in [1.54, 1.807) is 0 Å². The molecular formula is C42H38BN3S2. The molecule has 6 heteroatoms. The molecule has 0 N–H and O–H groups in total. The van der Waals surface area contributed by atoms with Crippen molar-refractivity contribution in [1.82, 2.24) is 9.55 Å². The fourth-order valence-electron chi connectivity index (χ4n) is 7.66. The van der Waals surface area contributed by atoms with Crippen LogP contribution in [0.4, 0.5) is 17.1 Å². The van der Waals surface area contributed by atoms with E-state index in [0.29, 0.717) is 0 Å². The Balaban J connectivity index is 1.44. The molecule has 0 amide bonds. The molecule has 236 valence electrons. The smallest absolute Gasteiger partial charge is 0.283 e. The molecule has 0 unspecified atom stereocenters. The number of nitrogens with zero attached hydrogens (tertiary/aromatic N) is 3. The van der Waals surface area contributed by atoms with Crippen LogP contribution in [0.5, 0.6) is 0 Å². The zero-order valence-corrected chi connectivity index (χ0v) is 30.2. The largest absolute Gasteiger partial charge is 0.320 e. The summed E-state index contributed by atoms with van der Waals surface area (Å²) in [7, 11) is 0. The van der Waals surface area contributed by atoms with Crippen LogP contribution in [0.25, 0.3) is 26.7 Å². The monoisotopic (exact) mass is 659 g/mol. The lowest BCUT2D eigenvalue weighted by Crippen LogP contribution is -2.60. The maximum Gasteiger partial charge on any atom is 0.283 e. The van der Waals surface area contributed by atoms with Gasteiger partial charge in [-0.25, -0.2) is 0 Å². The van der Waals surface area contributed by atoms with Gasteiger partial charge in [0.15, 0.2) is 0 Å². The van der Waals surface area contributed by atoms with E-state index in [1.807, 2.05) is 35.5 Å². The first-order valence-electron chi connectivity index (χ1n) is 16.8. The highest BCUT2D eigenvalue weighted by molar-refractivity contribution is 8.00. The Morgan fingerprint density at radius 1 is 0.708 bits per heavy atom. The van der Waals surface area contributed by atoms with Crippen LogP contribution in [0.15, 0.2) is 113 Å². The van der Waals surface area contributed by atoms with Crippen LogP contribution in [0, 0.1) is 6.92 Å². The summed E-state index contributed by atoms with van der Waals surface area (Å²) in [5.74, 6) is 0. The van der Waals surface area contributed by atoms with Gasteiger partial charge in [-0.1, -0.05) is 89.7 Å². The van der Waals surface area contributed by atoms with Crippen molar-refractivity contribution < 1.29 is 0 Å². The number of hydrogen-bond donors (Lipinski definition) is 0. The minimum atomic E-state index is 0.0469. The standard InChI is InChI=1S/C42H38BN3S2/c1-25-21-33-36-35(22-25)47-38-31-23-26(41(2,3)4)14-16-32(31)46(29-17-19-44-20-18-29)39(38)43(36)40-37(45(33)28-11-9-8-10-12-28)30-15-13-27(42(5,6)7)24-34(30)48-40/h8-24H,1-7H3. The third-order valence-corrected chi connectivity index (χ3v) is 12.5. The first-order chi connectivity index (χ1) is 23.0. The number of fused-ring (bicyclic) bond motifs is 8. The van der Waals surface area contributed by atoms with E-state index in [2.05, 4.69) is 154 Å². The van der Waals surface area contributed by atoms with Crippen LogP contribution in [-0.2, 0) is 10.8 Å². The first-order valence-corrected chi connectivity index (χ1v) is 18.5. The lowest BCUT2D eigenvalue weighted by molar-refractivity contribution is 0.591. The van der Waals surface area contributed by atoms with Gasteiger partial charge in [0.1, 0.15) is 0 Å². The number of rotatable bonds is 2. The summed E-state index contributed by atoms with van der Waals surface area (Å²) in [4.78, 5) is 9.70. The van der Waals surface area contributed by atoms with E-state index >= 15 is 0 Å². The van der Waals surface area contributed by atoms with Crippen LogP contribution in [0.3, 0.4) is 0 Å². The lowest BCUT2D eigenvalue weighted by Gasteiger charge is -2.38. The van der Waals surface area contributed by atoms with Crippen LogP contribution in [0.1, 0.15) is 58.2 Å². The molecule has 7 aromatic rings. The van der Waals surface area contributed by atoms with Crippen LogP contribution >= 0.6 is 23.1 Å². The van der Waals surface area contributed by atoms with Gasteiger partial charge in [0, 0.05) is 65.1 Å². The second-order valence-electron chi connectivity index (χ2n) is 15.4. The SMILES string of the molecule is Cc1cc2c3c(c1)N(c1ccccc1)c1c(sc4cc(C(C)(C)C)ccc14)B3c1c(c3cc(C(C)(C)C)ccc3n1-c1ccncc1)S2. The molecule has 0 spiro atoms. The van der Waals surface area contributed by atoms with Gasteiger partial charge < -0.3 is 9.47 Å². The Morgan fingerprint density at radius 3 is 2.15 bits per heavy atom. The summed E-state index contributed by atoms with van der Waals surface area (Å²) in [5, 5.41) is 2.65. The Labute approximate surface area is 291 Å². The van der Waals surface area contributed by atoms with Gasteiger partial charge in [0.2, 0.25) is 0 Å². The number of pyridine rings is 1. The molecule has 0 aliphatic carbocycles. The molecular weight excluding hydrogens is 621 g/mol. The van der Waals surface area contributed by atoms with E-state index in [-0.39, 0.29) is 17.5 Å². The van der Waals surface area contributed by atoms with Crippen molar-refractivity contribution in [2.45, 2.75) is 69.1 Å². The van der Waals surface area contributed by atoms with E-state index in [9.17, 15) is 0 Å². The average Bonchev–Trinajstić information content (AvgIpc) is 3.60. The van der Waals surface area contributed by atoms with Gasteiger partial charge in [-0.15, -0.1) is 11.3 Å². The number of aryl methyl sites for hydroxylation is 1. The highest BCUT2D eigenvalue weighted by Crippen LogP contribution is 2.49. The Bertz CT molecular complexity index is 2410. The second-order valence-corrected chi connectivity index (χ2v) is 17.6. The molecule has 3 nitrogen and oxygen atoms in total. The normalized spacial score (nSPS) is 14.0. The number of benzene rings is 4. The maximum atomic E-state index is 4.42. The molecule has 0 saturated carbocycles. The predicted octanol–water partition coefficient (Wildman–Crippen LogP) is 9.91. The second kappa shape index (κ2) is 10.4. The van der Waals surface area contributed by atoms with E-state index in [1.165, 1.54) is 80.4 Å². The van der Waals surface area contributed by atoms with Crippen molar-refractivity contribution >= 4 is 83.7 Å². The third kappa shape index (κ3) is 4.38. The molecule has 0 saturated heterocycles. The molecule has 48 heavy (non-hydrogen) atoms. The highest BCUT2D eigenvalue weighted by atomic mass is 32.2. The van der Waals surface area contributed by atoms with E-state index < -0.39 is 0 Å². The fourth-order valence-corrected chi connectivity index (χ4v) is 10.4. The quantitative estimate of drug-likeness (QED) is 0.173. The zero-order valence-electron chi connectivity index (χ0n) is 28.6. The molecule has 0 atom stereocenters. The van der Waals surface area contributed by atoms with Gasteiger partial charge in [0.25, 0.3) is 6.71 Å². The molecule has 2 aliphatic heterocycles. The van der Waals surface area contributed by atoms with Gasteiger partial charge in [-0.2, -0.15) is 0 Å². The summed E-state index contributed by atoms with van der Waals surface area (Å²) in [5.41, 5.74) is 13.1. The number of hydrogen-bond acceptors (Lipinski definition) is 4. The van der Waals surface area contributed by atoms with Crippen molar-refractivity contribution in [3.05, 3.63) is 120 Å². The summed E-state index contributed by atoms with van der Waals surface area (Å²) >= 11 is 3.93.